The van der Waals surface area contributed by atoms with E-state index in [-0.39, 0.29) is 0 Å². The lowest BCUT2D eigenvalue weighted by molar-refractivity contribution is 0.248. The first-order chi connectivity index (χ1) is 10.2. The van der Waals surface area contributed by atoms with Crippen molar-refractivity contribution < 1.29 is 0 Å². The lowest BCUT2D eigenvalue weighted by atomic mass is 10.0. The fraction of sp³-hybridized carbons (Fsp3) is 0.471. The Morgan fingerprint density at radius 3 is 2.95 bits per heavy atom. The lowest BCUT2D eigenvalue weighted by Gasteiger charge is -2.37. The molecule has 1 aliphatic rings. The first kappa shape index (κ1) is 14.6. The molecule has 0 spiro atoms. The number of benzene rings is 1. The Morgan fingerprint density at radius 2 is 2.19 bits per heavy atom. The van der Waals surface area contributed by atoms with Crippen LogP contribution >= 0.6 is 11.6 Å². The Hall–Kier alpha value is -1.32. The third-order valence-electron chi connectivity index (χ3n) is 4.41. The summed E-state index contributed by atoms with van der Waals surface area (Å²) in [5.74, 6) is 0.455. The number of aromatic nitrogens is 1. The molecule has 1 aromatic carbocycles. The van der Waals surface area contributed by atoms with E-state index in [9.17, 15) is 0 Å². The van der Waals surface area contributed by atoms with Gasteiger partial charge in [-0.1, -0.05) is 18.2 Å². The second-order valence-electron chi connectivity index (χ2n) is 5.95. The maximum absolute atomic E-state index is 6.02. The van der Waals surface area contributed by atoms with Crippen molar-refractivity contribution in [2.24, 2.45) is 0 Å². The number of nitrogens with zero attached hydrogens (tertiary/aromatic N) is 3. The highest BCUT2D eigenvalue weighted by Gasteiger charge is 2.22. The highest BCUT2D eigenvalue weighted by Crippen LogP contribution is 2.29. The van der Waals surface area contributed by atoms with Gasteiger partial charge in [-0.05, 0) is 38.6 Å². The second kappa shape index (κ2) is 6.20. The van der Waals surface area contributed by atoms with E-state index in [0.717, 1.165) is 17.8 Å². The quantitative estimate of drug-likeness (QED) is 0.809. The van der Waals surface area contributed by atoms with E-state index in [1.165, 1.54) is 30.5 Å². The van der Waals surface area contributed by atoms with Gasteiger partial charge in [0.2, 0.25) is 0 Å². The number of pyridine rings is 1. The minimum atomic E-state index is 0.455. The molecule has 1 unspecified atom stereocenters. The zero-order valence-corrected chi connectivity index (χ0v) is 13.5. The Kier molecular flexibility index (Phi) is 4.32. The molecule has 2 aromatic rings. The summed E-state index contributed by atoms with van der Waals surface area (Å²) in [6.45, 7) is 2.32. The summed E-state index contributed by atoms with van der Waals surface area (Å²) >= 11 is 6.02. The number of rotatable bonds is 3. The zero-order chi connectivity index (χ0) is 14.8. The third kappa shape index (κ3) is 2.99. The zero-order valence-electron chi connectivity index (χ0n) is 12.7. The van der Waals surface area contributed by atoms with Gasteiger partial charge >= 0.3 is 0 Å². The number of para-hydroxylation sites is 1. The van der Waals surface area contributed by atoms with Gasteiger partial charge in [0.15, 0.2) is 0 Å². The number of halogens is 1. The van der Waals surface area contributed by atoms with Crippen molar-refractivity contribution in [3.63, 3.8) is 0 Å². The maximum Gasteiger partial charge on any atom is 0.0726 e. The van der Waals surface area contributed by atoms with Gasteiger partial charge in [0, 0.05) is 30.7 Å². The van der Waals surface area contributed by atoms with E-state index >= 15 is 0 Å². The molecule has 0 bridgehead atoms. The Balaban J connectivity index is 2.01. The fourth-order valence-electron chi connectivity index (χ4n) is 3.22. The first-order valence-corrected chi connectivity index (χ1v) is 8.08. The van der Waals surface area contributed by atoms with Gasteiger partial charge in [-0.2, -0.15) is 0 Å². The van der Waals surface area contributed by atoms with Crippen LogP contribution in [0.15, 0.2) is 30.3 Å². The molecule has 4 heteroatoms. The molecule has 1 fully saturated rings. The molecule has 1 aliphatic heterocycles. The SMILES string of the molecule is CN1CCCC(N(C)c2cc(CCl)nc3ccccc23)C1. The molecule has 0 saturated carbocycles. The molecule has 2 heterocycles. The van der Waals surface area contributed by atoms with Crippen molar-refractivity contribution in [2.45, 2.75) is 24.8 Å². The van der Waals surface area contributed by atoms with E-state index in [2.05, 4.69) is 53.1 Å². The molecule has 3 nitrogen and oxygen atoms in total. The minimum absolute atomic E-state index is 0.455. The van der Waals surface area contributed by atoms with Crippen LogP contribution in [0.1, 0.15) is 18.5 Å². The number of alkyl halides is 1. The second-order valence-corrected chi connectivity index (χ2v) is 6.22. The van der Waals surface area contributed by atoms with Crippen LogP contribution < -0.4 is 4.90 Å². The highest BCUT2D eigenvalue weighted by atomic mass is 35.5. The minimum Gasteiger partial charge on any atom is -0.370 e. The van der Waals surface area contributed by atoms with E-state index in [1.807, 2.05) is 6.07 Å². The monoisotopic (exact) mass is 303 g/mol. The standard InChI is InChI=1S/C17H22ClN3/c1-20-9-5-6-14(12-20)21(2)17-10-13(11-18)19-16-8-4-3-7-15(16)17/h3-4,7-8,10,14H,5-6,9,11-12H2,1-2H3. The molecule has 3 rings (SSSR count). The third-order valence-corrected chi connectivity index (χ3v) is 4.69. The molecule has 0 aliphatic carbocycles. The summed E-state index contributed by atoms with van der Waals surface area (Å²) in [5.41, 5.74) is 3.22. The van der Waals surface area contributed by atoms with Gasteiger partial charge < -0.3 is 9.80 Å². The van der Waals surface area contributed by atoms with Crippen molar-refractivity contribution in [2.75, 3.05) is 32.1 Å². The van der Waals surface area contributed by atoms with Crippen LogP contribution in [0.25, 0.3) is 10.9 Å². The Bertz CT molecular complexity index is 628. The van der Waals surface area contributed by atoms with Crippen LogP contribution in [-0.2, 0) is 5.88 Å². The number of likely N-dealkylation sites (N-methyl/N-ethyl adjacent to an activating group) is 2. The van der Waals surface area contributed by atoms with Gasteiger partial charge in [0.05, 0.1) is 17.1 Å². The molecule has 1 aromatic heterocycles. The molecule has 1 atom stereocenters. The fourth-order valence-corrected chi connectivity index (χ4v) is 3.36. The highest BCUT2D eigenvalue weighted by molar-refractivity contribution is 6.17. The van der Waals surface area contributed by atoms with Crippen molar-refractivity contribution in [3.8, 4) is 0 Å². The number of fused-ring (bicyclic) bond motifs is 1. The summed E-state index contributed by atoms with van der Waals surface area (Å²) in [4.78, 5) is 9.45. The van der Waals surface area contributed by atoms with Gasteiger partial charge in [0.25, 0.3) is 0 Å². The van der Waals surface area contributed by atoms with Crippen LogP contribution in [-0.4, -0.2) is 43.1 Å². The molecule has 0 radical (unpaired) electrons. The number of piperidine rings is 1. The van der Waals surface area contributed by atoms with Gasteiger partial charge in [0.1, 0.15) is 0 Å². The molecule has 21 heavy (non-hydrogen) atoms. The normalized spacial score (nSPS) is 19.9. The predicted molar refractivity (Wildman–Crippen MR) is 90.2 cm³/mol. The van der Waals surface area contributed by atoms with Crippen molar-refractivity contribution in [3.05, 3.63) is 36.0 Å². The number of anilines is 1. The van der Waals surface area contributed by atoms with Crippen LogP contribution in [0.2, 0.25) is 0 Å². The molecule has 1 saturated heterocycles. The van der Waals surface area contributed by atoms with Crippen LogP contribution in [0.5, 0.6) is 0 Å². The number of likely N-dealkylation sites (tertiary alicyclic amines) is 1. The molecule has 0 N–H and O–H groups in total. The van der Waals surface area contributed by atoms with Gasteiger partial charge in [-0.3, -0.25) is 4.98 Å². The summed E-state index contributed by atoms with van der Waals surface area (Å²) in [6, 6.07) is 11.0. The van der Waals surface area contributed by atoms with Crippen LogP contribution in [0, 0.1) is 0 Å². The molecule has 112 valence electrons. The van der Waals surface area contributed by atoms with Crippen LogP contribution in [0.3, 0.4) is 0 Å². The molecular weight excluding hydrogens is 282 g/mol. The van der Waals surface area contributed by atoms with E-state index in [0.29, 0.717) is 11.9 Å². The van der Waals surface area contributed by atoms with Crippen molar-refractivity contribution in [1.29, 1.82) is 0 Å². The van der Waals surface area contributed by atoms with Crippen molar-refractivity contribution in [1.82, 2.24) is 9.88 Å². The van der Waals surface area contributed by atoms with Gasteiger partial charge in [-0.15, -0.1) is 11.6 Å². The van der Waals surface area contributed by atoms with Gasteiger partial charge in [-0.25, -0.2) is 0 Å². The number of hydrogen-bond donors (Lipinski definition) is 0. The summed E-state index contributed by atoms with van der Waals surface area (Å²) < 4.78 is 0. The summed E-state index contributed by atoms with van der Waals surface area (Å²) in [6.07, 6.45) is 2.50. The predicted octanol–water partition coefficient (Wildman–Crippen LogP) is 3.50. The summed E-state index contributed by atoms with van der Waals surface area (Å²) in [5, 5.41) is 1.21. The molecule has 0 amide bonds. The largest absolute Gasteiger partial charge is 0.370 e. The molecular formula is C17H22ClN3. The lowest BCUT2D eigenvalue weighted by Crippen LogP contribution is -2.45. The maximum atomic E-state index is 6.02. The average molecular weight is 304 g/mol. The van der Waals surface area contributed by atoms with E-state index in [1.54, 1.807) is 0 Å². The number of hydrogen-bond acceptors (Lipinski definition) is 3. The van der Waals surface area contributed by atoms with E-state index < -0.39 is 0 Å². The van der Waals surface area contributed by atoms with E-state index in [4.69, 9.17) is 11.6 Å². The van der Waals surface area contributed by atoms with Crippen molar-refractivity contribution >= 4 is 28.2 Å². The smallest absolute Gasteiger partial charge is 0.0726 e. The Morgan fingerprint density at radius 1 is 1.38 bits per heavy atom. The first-order valence-electron chi connectivity index (χ1n) is 7.55. The Labute approximate surface area is 131 Å². The average Bonchev–Trinajstić information content (AvgIpc) is 2.53. The summed E-state index contributed by atoms with van der Waals surface area (Å²) in [7, 11) is 4.40. The van der Waals surface area contributed by atoms with Crippen LogP contribution in [0.4, 0.5) is 5.69 Å². The topological polar surface area (TPSA) is 19.4 Å².